The maximum Gasteiger partial charge on any atom is 0.240 e. The Kier molecular flexibility index (Phi) is 2.17. The van der Waals surface area contributed by atoms with Crippen LogP contribution < -0.4 is 0 Å². The van der Waals surface area contributed by atoms with E-state index in [1.165, 1.54) is 18.4 Å². The van der Waals surface area contributed by atoms with Gasteiger partial charge in [-0.3, -0.25) is 4.79 Å². The SMILES string of the molecule is C=CC([C]=O)(C#N)C#N. The fourth-order valence-corrected chi connectivity index (χ4v) is 0.204. The van der Waals surface area contributed by atoms with Crippen LogP contribution in [-0.2, 0) is 4.79 Å². The fraction of sp³-hybridized carbons (Fsp3) is 0.167. The molecular weight excluding hydrogens is 116 g/mol. The van der Waals surface area contributed by atoms with Crippen molar-refractivity contribution in [2.45, 2.75) is 0 Å². The van der Waals surface area contributed by atoms with Crippen molar-refractivity contribution in [1.82, 2.24) is 0 Å². The number of nitriles is 2. The molecule has 0 saturated carbocycles. The van der Waals surface area contributed by atoms with Gasteiger partial charge in [0.15, 0.2) is 0 Å². The van der Waals surface area contributed by atoms with E-state index in [4.69, 9.17) is 10.5 Å². The maximum atomic E-state index is 9.88. The zero-order chi connectivity index (χ0) is 7.33. The molecule has 0 saturated heterocycles. The Morgan fingerprint density at radius 1 is 1.44 bits per heavy atom. The summed E-state index contributed by atoms with van der Waals surface area (Å²) < 4.78 is 0. The summed E-state index contributed by atoms with van der Waals surface area (Å²) in [4.78, 5) is 9.88. The molecule has 0 unspecified atom stereocenters. The summed E-state index contributed by atoms with van der Waals surface area (Å²) in [6.07, 6.45) is 2.23. The molecule has 0 aliphatic carbocycles. The lowest BCUT2D eigenvalue weighted by Gasteiger charge is -1.97. The van der Waals surface area contributed by atoms with Crippen LogP contribution in [0.25, 0.3) is 0 Å². The summed E-state index contributed by atoms with van der Waals surface area (Å²) >= 11 is 0. The summed E-state index contributed by atoms with van der Waals surface area (Å²) in [5.74, 6) is 0. The quantitative estimate of drug-likeness (QED) is 0.491. The summed E-state index contributed by atoms with van der Waals surface area (Å²) in [5.41, 5.74) is -1.76. The summed E-state index contributed by atoms with van der Waals surface area (Å²) in [6, 6.07) is 2.92. The van der Waals surface area contributed by atoms with E-state index in [-0.39, 0.29) is 0 Å². The lowest BCUT2D eigenvalue weighted by Crippen LogP contribution is -2.12. The highest BCUT2D eigenvalue weighted by molar-refractivity contribution is 5.72. The van der Waals surface area contributed by atoms with Crippen LogP contribution in [0.1, 0.15) is 0 Å². The Morgan fingerprint density at radius 2 is 1.89 bits per heavy atom. The summed E-state index contributed by atoms with van der Waals surface area (Å²) in [5, 5.41) is 16.3. The van der Waals surface area contributed by atoms with Crippen molar-refractivity contribution in [2.24, 2.45) is 5.41 Å². The Morgan fingerprint density at radius 3 is 1.89 bits per heavy atom. The third-order valence-electron chi connectivity index (χ3n) is 0.820. The molecule has 9 heavy (non-hydrogen) atoms. The third-order valence-corrected chi connectivity index (χ3v) is 0.820. The van der Waals surface area contributed by atoms with Crippen molar-refractivity contribution in [2.75, 3.05) is 0 Å². The predicted molar refractivity (Wildman–Crippen MR) is 29.5 cm³/mol. The molecule has 1 radical (unpaired) electrons. The van der Waals surface area contributed by atoms with E-state index in [2.05, 4.69) is 6.58 Å². The maximum absolute atomic E-state index is 9.88. The Bertz CT molecular complexity index is 182. The number of hydrogen-bond acceptors (Lipinski definition) is 3. The van der Waals surface area contributed by atoms with Crippen LogP contribution in [0.3, 0.4) is 0 Å². The molecule has 0 aliphatic heterocycles. The van der Waals surface area contributed by atoms with Crippen LogP contribution in [0.15, 0.2) is 12.7 Å². The number of rotatable bonds is 2. The van der Waals surface area contributed by atoms with Crippen molar-refractivity contribution >= 4 is 6.29 Å². The molecule has 0 fully saturated rings. The van der Waals surface area contributed by atoms with Crippen LogP contribution in [0.2, 0.25) is 0 Å². The largest absolute Gasteiger partial charge is 0.287 e. The first-order valence-corrected chi connectivity index (χ1v) is 2.10. The smallest absolute Gasteiger partial charge is 0.240 e. The first-order valence-electron chi connectivity index (χ1n) is 2.10. The minimum absolute atomic E-state index is 0.958. The molecular formula is C6H3N2O. The number of carbonyl (C=O) groups excluding carboxylic acids is 1. The zero-order valence-corrected chi connectivity index (χ0v) is 4.59. The van der Waals surface area contributed by atoms with Gasteiger partial charge in [0.25, 0.3) is 0 Å². The molecule has 0 N–H and O–H groups in total. The van der Waals surface area contributed by atoms with Gasteiger partial charge in [0, 0.05) is 0 Å². The van der Waals surface area contributed by atoms with E-state index in [1.807, 2.05) is 0 Å². The lowest BCUT2D eigenvalue weighted by molar-refractivity contribution is 0.537. The van der Waals surface area contributed by atoms with E-state index >= 15 is 0 Å². The van der Waals surface area contributed by atoms with Crippen LogP contribution >= 0.6 is 0 Å². The van der Waals surface area contributed by atoms with Gasteiger partial charge < -0.3 is 0 Å². The molecule has 0 aromatic rings. The highest BCUT2D eigenvalue weighted by Gasteiger charge is 2.25. The second kappa shape index (κ2) is 2.64. The molecule has 0 atom stereocenters. The zero-order valence-electron chi connectivity index (χ0n) is 4.59. The Labute approximate surface area is 52.8 Å². The molecule has 0 bridgehead atoms. The predicted octanol–water partition coefficient (Wildman–Crippen LogP) is 0.316. The first kappa shape index (κ1) is 7.39. The molecule has 43 valence electrons. The molecule has 0 aromatic heterocycles. The summed E-state index contributed by atoms with van der Waals surface area (Å²) in [6.45, 7) is 3.14. The van der Waals surface area contributed by atoms with Gasteiger partial charge in [0.1, 0.15) is 0 Å². The fourth-order valence-electron chi connectivity index (χ4n) is 0.204. The third kappa shape index (κ3) is 1.14. The molecule has 0 aromatic carbocycles. The minimum atomic E-state index is -1.76. The molecule has 0 heterocycles. The highest BCUT2D eigenvalue weighted by Crippen LogP contribution is 2.10. The first-order chi connectivity index (χ1) is 4.24. The van der Waals surface area contributed by atoms with Crippen molar-refractivity contribution in [3.8, 4) is 12.1 Å². The molecule has 3 nitrogen and oxygen atoms in total. The van der Waals surface area contributed by atoms with E-state index in [1.54, 1.807) is 0 Å². The van der Waals surface area contributed by atoms with E-state index in [0.717, 1.165) is 6.08 Å². The number of nitrogens with zero attached hydrogens (tertiary/aromatic N) is 2. The number of hydrogen-bond donors (Lipinski definition) is 0. The monoisotopic (exact) mass is 119 g/mol. The summed E-state index contributed by atoms with van der Waals surface area (Å²) in [7, 11) is 0. The van der Waals surface area contributed by atoms with Crippen LogP contribution in [0.4, 0.5) is 0 Å². The van der Waals surface area contributed by atoms with Gasteiger partial charge in [-0.2, -0.15) is 10.5 Å². The lowest BCUT2D eigenvalue weighted by atomic mass is 9.95. The highest BCUT2D eigenvalue weighted by atomic mass is 16.1. The van der Waals surface area contributed by atoms with Crippen LogP contribution in [0, 0.1) is 28.1 Å². The van der Waals surface area contributed by atoms with E-state index in [9.17, 15) is 4.79 Å². The average Bonchev–Trinajstić information content (AvgIpc) is 1.95. The van der Waals surface area contributed by atoms with E-state index < -0.39 is 5.41 Å². The van der Waals surface area contributed by atoms with Crippen LogP contribution in [-0.4, -0.2) is 6.29 Å². The van der Waals surface area contributed by atoms with Crippen molar-refractivity contribution < 1.29 is 4.79 Å². The van der Waals surface area contributed by atoms with Gasteiger partial charge in [0.2, 0.25) is 11.7 Å². The minimum Gasteiger partial charge on any atom is -0.287 e. The van der Waals surface area contributed by atoms with Crippen molar-refractivity contribution in [3.05, 3.63) is 12.7 Å². The van der Waals surface area contributed by atoms with Crippen LogP contribution in [0.5, 0.6) is 0 Å². The Balaban J connectivity index is 4.68. The van der Waals surface area contributed by atoms with Gasteiger partial charge in [-0.05, 0) is 6.08 Å². The van der Waals surface area contributed by atoms with Gasteiger partial charge in [0.05, 0.1) is 12.1 Å². The second-order valence-electron chi connectivity index (χ2n) is 1.34. The van der Waals surface area contributed by atoms with Crippen molar-refractivity contribution in [1.29, 1.82) is 10.5 Å². The van der Waals surface area contributed by atoms with Gasteiger partial charge >= 0.3 is 0 Å². The van der Waals surface area contributed by atoms with Gasteiger partial charge in [-0.25, -0.2) is 0 Å². The number of allylic oxidation sites excluding steroid dienone is 1. The molecule has 0 spiro atoms. The topological polar surface area (TPSA) is 64.7 Å². The Hall–Kier alpha value is -1.61. The molecule has 0 aliphatic rings. The molecule has 3 heteroatoms. The van der Waals surface area contributed by atoms with Crippen molar-refractivity contribution in [3.63, 3.8) is 0 Å². The van der Waals surface area contributed by atoms with Gasteiger partial charge in [-0.15, -0.1) is 0 Å². The normalized spacial score (nSPS) is 8.67. The molecule has 0 rings (SSSR count). The average molecular weight is 119 g/mol. The second-order valence-corrected chi connectivity index (χ2v) is 1.34. The van der Waals surface area contributed by atoms with E-state index in [0.29, 0.717) is 0 Å². The van der Waals surface area contributed by atoms with Gasteiger partial charge in [-0.1, -0.05) is 6.58 Å². The standard InChI is InChI=1S/C6H3N2O/c1-2-6(3-7,4-8)5-9/h2H,1H2. The molecule has 0 amide bonds.